The van der Waals surface area contributed by atoms with Crippen molar-refractivity contribution in [3.05, 3.63) is 29.6 Å². The van der Waals surface area contributed by atoms with Gasteiger partial charge in [-0.05, 0) is 30.0 Å². The van der Waals surface area contributed by atoms with Gasteiger partial charge in [-0.15, -0.1) is 0 Å². The van der Waals surface area contributed by atoms with E-state index in [1.807, 2.05) is 0 Å². The first-order chi connectivity index (χ1) is 8.85. The van der Waals surface area contributed by atoms with Gasteiger partial charge >= 0.3 is 5.97 Å². The Balaban J connectivity index is 2.65. The monoisotopic (exact) mass is 269 g/mol. The van der Waals surface area contributed by atoms with Gasteiger partial charge in [-0.25, -0.2) is 9.18 Å². The lowest BCUT2D eigenvalue weighted by Gasteiger charge is -2.25. The number of benzene rings is 1. The molecule has 4 nitrogen and oxygen atoms in total. The molecule has 1 rings (SSSR count). The van der Waals surface area contributed by atoms with E-state index in [2.05, 4.69) is 19.2 Å². The Morgan fingerprint density at radius 3 is 2.68 bits per heavy atom. The Hall–Kier alpha value is -1.62. The quantitative estimate of drug-likeness (QED) is 0.799. The maximum absolute atomic E-state index is 13.7. The zero-order valence-electron chi connectivity index (χ0n) is 11.5. The summed E-state index contributed by atoms with van der Waals surface area (Å²) in [6.45, 7) is 5.35. The van der Waals surface area contributed by atoms with E-state index >= 15 is 0 Å². The standard InChI is InChI=1S/C14H20FNO3/c1-14(2,6-7-19-3)9-16-12-5-4-10(13(17)18)8-11(12)15/h4-5,8,16H,6-7,9H2,1-3H3,(H,17,18). The van der Waals surface area contributed by atoms with E-state index < -0.39 is 11.8 Å². The predicted molar refractivity (Wildman–Crippen MR) is 72.1 cm³/mol. The van der Waals surface area contributed by atoms with Gasteiger partial charge in [0.25, 0.3) is 0 Å². The number of hydrogen-bond acceptors (Lipinski definition) is 3. The molecule has 0 atom stereocenters. The van der Waals surface area contributed by atoms with Crippen LogP contribution in [0.4, 0.5) is 10.1 Å². The number of anilines is 1. The van der Waals surface area contributed by atoms with Gasteiger partial charge < -0.3 is 15.2 Å². The molecule has 0 heterocycles. The fourth-order valence-electron chi connectivity index (χ4n) is 1.59. The third-order valence-electron chi connectivity index (χ3n) is 2.96. The number of ether oxygens (including phenoxy) is 1. The van der Waals surface area contributed by atoms with E-state index in [9.17, 15) is 9.18 Å². The van der Waals surface area contributed by atoms with Crippen LogP contribution in [0.1, 0.15) is 30.6 Å². The molecule has 0 spiro atoms. The minimum absolute atomic E-state index is 0.0338. The minimum Gasteiger partial charge on any atom is -0.478 e. The molecule has 0 amide bonds. The molecule has 0 bridgehead atoms. The summed E-state index contributed by atoms with van der Waals surface area (Å²) < 4.78 is 18.7. The highest BCUT2D eigenvalue weighted by molar-refractivity contribution is 5.88. The largest absolute Gasteiger partial charge is 0.478 e. The van der Waals surface area contributed by atoms with Crippen LogP contribution in [0.25, 0.3) is 0 Å². The number of methoxy groups -OCH3 is 1. The second-order valence-corrected chi connectivity index (χ2v) is 5.26. The molecule has 0 saturated heterocycles. The van der Waals surface area contributed by atoms with Crippen molar-refractivity contribution >= 4 is 11.7 Å². The van der Waals surface area contributed by atoms with E-state index in [4.69, 9.17) is 9.84 Å². The molecule has 0 radical (unpaired) electrons. The van der Waals surface area contributed by atoms with Crippen LogP contribution in [-0.4, -0.2) is 31.3 Å². The summed E-state index contributed by atoms with van der Waals surface area (Å²) in [5.41, 5.74) is 0.227. The van der Waals surface area contributed by atoms with Crippen molar-refractivity contribution in [3.63, 3.8) is 0 Å². The third kappa shape index (κ3) is 4.87. The van der Waals surface area contributed by atoms with Gasteiger partial charge in [-0.2, -0.15) is 0 Å². The molecular formula is C14H20FNO3. The van der Waals surface area contributed by atoms with Crippen LogP contribution in [0, 0.1) is 11.2 Å². The van der Waals surface area contributed by atoms with Crippen LogP contribution >= 0.6 is 0 Å². The average molecular weight is 269 g/mol. The highest BCUT2D eigenvalue weighted by atomic mass is 19.1. The number of carbonyl (C=O) groups is 1. The Morgan fingerprint density at radius 1 is 1.47 bits per heavy atom. The lowest BCUT2D eigenvalue weighted by atomic mass is 9.89. The van der Waals surface area contributed by atoms with Crippen LogP contribution < -0.4 is 5.32 Å². The van der Waals surface area contributed by atoms with Gasteiger partial charge in [-0.1, -0.05) is 13.8 Å². The van der Waals surface area contributed by atoms with Crippen molar-refractivity contribution in [2.45, 2.75) is 20.3 Å². The fraction of sp³-hybridized carbons (Fsp3) is 0.500. The first-order valence-corrected chi connectivity index (χ1v) is 6.11. The molecule has 2 N–H and O–H groups in total. The van der Waals surface area contributed by atoms with E-state index in [0.717, 1.165) is 12.5 Å². The molecule has 106 valence electrons. The summed E-state index contributed by atoms with van der Waals surface area (Å²) in [4.78, 5) is 10.7. The average Bonchev–Trinajstić information content (AvgIpc) is 2.35. The summed E-state index contributed by atoms with van der Waals surface area (Å²) >= 11 is 0. The smallest absolute Gasteiger partial charge is 0.335 e. The normalized spacial score (nSPS) is 11.4. The van der Waals surface area contributed by atoms with Crippen molar-refractivity contribution < 1.29 is 19.0 Å². The van der Waals surface area contributed by atoms with Gasteiger partial charge in [0.15, 0.2) is 0 Å². The molecule has 19 heavy (non-hydrogen) atoms. The van der Waals surface area contributed by atoms with Crippen molar-refractivity contribution in [1.29, 1.82) is 0 Å². The highest BCUT2D eigenvalue weighted by Crippen LogP contribution is 2.23. The topological polar surface area (TPSA) is 58.6 Å². The van der Waals surface area contributed by atoms with Crippen molar-refractivity contribution in [2.24, 2.45) is 5.41 Å². The first-order valence-electron chi connectivity index (χ1n) is 6.11. The molecule has 0 aromatic heterocycles. The summed E-state index contributed by atoms with van der Waals surface area (Å²) in [6.07, 6.45) is 0.853. The predicted octanol–water partition coefficient (Wildman–Crippen LogP) is 3.00. The van der Waals surface area contributed by atoms with Gasteiger partial charge in [0.05, 0.1) is 11.3 Å². The molecule has 0 fully saturated rings. The van der Waals surface area contributed by atoms with Crippen LogP contribution in [0.2, 0.25) is 0 Å². The van der Waals surface area contributed by atoms with Crippen molar-refractivity contribution in [3.8, 4) is 0 Å². The SMILES string of the molecule is COCCC(C)(C)CNc1ccc(C(=O)O)cc1F. The summed E-state index contributed by atoms with van der Waals surface area (Å²) in [5.74, 6) is -1.69. The number of rotatable bonds is 7. The molecule has 0 aliphatic carbocycles. The zero-order valence-corrected chi connectivity index (χ0v) is 11.5. The van der Waals surface area contributed by atoms with Gasteiger partial charge in [0, 0.05) is 20.3 Å². The zero-order chi connectivity index (χ0) is 14.5. The summed E-state index contributed by atoms with van der Waals surface area (Å²) in [7, 11) is 1.65. The number of nitrogens with one attached hydrogen (secondary N) is 1. The molecule has 1 aromatic carbocycles. The molecule has 0 saturated carbocycles. The highest BCUT2D eigenvalue weighted by Gasteiger charge is 2.18. The fourth-order valence-corrected chi connectivity index (χ4v) is 1.59. The minimum atomic E-state index is -1.13. The number of carboxylic acids is 1. The van der Waals surface area contributed by atoms with E-state index in [1.54, 1.807) is 7.11 Å². The second kappa shape index (κ2) is 6.52. The number of aromatic carboxylic acids is 1. The van der Waals surface area contributed by atoms with Gasteiger partial charge in [-0.3, -0.25) is 0 Å². The van der Waals surface area contributed by atoms with Crippen LogP contribution in [0.15, 0.2) is 18.2 Å². The number of hydrogen-bond donors (Lipinski definition) is 2. The second-order valence-electron chi connectivity index (χ2n) is 5.26. The third-order valence-corrected chi connectivity index (χ3v) is 2.96. The van der Waals surface area contributed by atoms with E-state index in [-0.39, 0.29) is 11.0 Å². The molecule has 0 aliphatic heterocycles. The first kappa shape index (κ1) is 15.4. The Kier molecular flexibility index (Phi) is 5.30. The van der Waals surface area contributed by atoms with Crippen molar-refractivity contribution in [1.82, 2.24) is 0 Å². The summed E-state index contributed by atoms with van der Waals surface area (Å²) in [5, 5.41) is 11.8. The van der Waals surface area contributed by atoms with Gasteiger partial charge in [0.1, 0.15) is 5.82 Å². The molecule has 1 aromatic rings. The molecule has 0 unspecified atom stereocenters. The van der Waals surface area contributed by atoms with Crippen LogP contribution in [0.5, 0.6) is 0 Å². The maximum Gasteiger partial charge on any atom is 0.335 e. The van der Waals surface area contributed by atoms with Gasteiger partial charge in [0.2, 0.25) is 0 Å². The lowest BCUT2D eigenvalue weighted by Crippen LogP contribution is -2.25. The Bertz CT molecular complexity index is 446. The molecular weight excluding hydrogens is 249 g/mol. The lowest BCUT2D eigenvalue weighted by molar-refractivity contribution is 0.0696. The van der Waals surface area contributed by atoms with Crippen LogP contribution in [0.3, 0.4) is 0 Å². The summed E-state index contributed by atoms with van der Waals surface area (Å²) in [6, 6.07) is 3.86. The van der Waals surface area contributed by atoms with E-state index in [1.165, 1.54) is 12.1 Å². The number of halogens is 1. The Labute approximate surface area is 112 Å². The molecule has 0 aliphatic rings. The number of carboxylic acid groups (broad SMARTS) is 1. The van der Waals surface area contributed by atoms with Crippen LogP contribution in [-0.2, 0) is 4.74 Å². The van der Waals surface area contributed by atoms with Crippen molar-refractivity contribution in [2.75, 3.05) is 25.6 Å². The Morgan fingerprint density at radius 2 is 2.16 bits per heavy atom. The maximum atomic E-state index is 13.7. The van der Waals surface area contributed by atoms with E-state index in [0.29, 0.717) is 18.8 Å². The molecule has 5 heteroatoms.